The number of ketones is 1. The van der Waals surface area contributed by atoms with Crippen molar-refractivity contribution < 1.29 is 4.79 Å². The summed E-state index contributed by atoms with van der Waals surface area (Å²) in [5.41, 5.74) is 9.32. The van der Waals surface area contributed by atoms with Crippen molar-refractivity contribution >= 4 is 17.4 Å². The van der Waals surface area contributed by atoms with E-state index in [1.807, 2.05) is 14.1 Å². The highest BCUT2D eigenvalue weighted by Crippen LogP contribution is 2.32. The zero-order valence-electron chi connectivity index (χ0n) is 12.2. The van der Waals surface area contributed by atoms with Crippen LogP contribution in [0.15, 0.2) is 30.5 Å². The number of nitrogens with zero attached hydrogens (tertiary/aromatic N) is 3. The molecule has 1 aromatic heterocycles. The molecule has 21 heavy (non-hydrogen) atoms. The summed E-state index contributed by atoms with van der Waals surface area (Å²) in [6.45, 7) is 0. The summed E-state index contributed by atoms with van der Waals surface area (Å²) in [6, 6.07) is 8.32. The number of hydrogen-bond donors (Lipinski definition) is 1. The van der Waals surface area contributed by atoms with Gasteiger partial charge in [-0.1, -0.05) is 12.1 Å². The SMILES string of the molecule is CN(C)c1ccc([C@H]2CC(=O)c3cnc(N)nc3C2)cc1. The third-order valence-corrected chi connectivity index (χ3v) is 3.94. The summed E-state index contributed by atoms with van der Waals surface area (Å²) in [4.78, 5) is 22.4. The number of aromatic nitrogens is 2. The molecule has 0 unspecified atom stereocenters. The van der Waals surface area contributed by atoms with Gasteiger partial charge in [0.15, 0.2) is 5.78 Å². The van der Waals surface area contributed by atoms with Gasteiger partial charge in [0.25, 0.3) is 0 Å². The number of carbonyl (C=O) groups is 1. The van der Waals surface area contributed by atoms with Gasteiger partial charge >= 0.3 is 0 Å². The topological polar surface area (TPSA) is 72.1 Å². The van der Waals surface area contributed by atoms with Crippen LogP contribution in [-0.4, -0.2) is 29.8 Å². The second kappa shape index (κ2) is 5.16. The van der Waals surface area contributed by atoms with Crippen LogP contribution in [0, 0.1) is 0 Å². The Hall–Kier alpha value is -2.43. The summed E-state index contributed by atoms with van der Waals surface area (Å²) in [5, 5.41) is 0. The van der Waals surface area contributed by atoms with Gasteiger partial charge in [-0.15, -0.1) is 0 Å². The summed E-state index contributed by atoms with van der Waals surface area (Å²) in [5.74, 6) is 0.485. The number of benzene rings is 1. The van der Waals surface area contributed by atoms with Gasteiger partial charge in [0.2, 0.25) is 5.95 Å². The van der Waals surface area contributed by atoms with Crippen molar-refractivity contribution in [3.8, 4) is 0 Å². The molecular weight excluding hydrogens is 264 g/mol. The average Bonchev–Trinajstić information content (AvgIpc) is 2.46. The van der Waals surface area contributed by atoms with E-state index in [0.29, 0.717) is 12.0 Å². The Morgan fingerprint density at radius 2 is 1.90 bits per heavy atom. The van der Waals surface area contributed by atoms with Crippen LogP contribution in [0.1, 0.15) is 34.0 Å². The maximum absolute atomic E-state index is 12.2. The summed E-state index contributed by atoms with van der Waals surface area (Å²) in [6.07, 6.45) is 2.78. The van der Waals surface area contributed by atoms with Crippen LogP contribution in [0.25, 0.3) is 0 Å². The monoisotopic (exact) mass is 282 g/mol. The molecule has 2 aromatic rings. The Labute approximate surface area is 123 Å². The number of nitrogen functional groups attached to an aromatic ring is 1. The van der Waals surface area contributed by atoms with Crippen molar-refractivity contribution in [3.63, 3.8) is 0 Å². The number of anilines is 2. The average molecular weight is 282 g/mol. The van der Waals surface area contributed by atoms with E-state index in [0.717, 1.165) is 23.4 Å². The molecule has 1 aromatic carbocycles. The van der Waals surface area contributed by atoms with E-state index in [1.54, 1.807) is 6.20 Å². The third-order valence-electron chi connectivity index (χ3n) is 3.94. The number of fused-ring (bicyclic) bond motifs is 1. The Balaban J connectivity index is 1.89. The van der Waals surface area contributed by atoms with Crippen molar-refractivity contribution in [2.45, 2.75) is 18.8 Å². The second-order valence-electron chi connectivity index (χ2n) is 5.60. The lowest BCUT2D eigenvalue weighted by atomic mass is 9.82. The van der Waals surface area contributed by atoms with Crippen LogP contribution in [0.4, 0.5) is 11.6 Å². The Morgan fingerprint density at radius 3 is 2.57 bits per heavy atom. The second-order valence-corrected chi connectivity index (χ2v) is 5.60. The third kappa shape index (κ3) is 2.59. The fourth-order valence-corrected chi connectivity index (χ4v) is 2.74. The normalized spacial score (nSPS) is 17.4. The van der Waals surface area contributed by atoms with Crippen molar-refractivity contribution in [2.24, 2.45) is 0 Å². The Kier molecular flexibility index (Phi) is 3.33. The van der Waals surface area contributed by atoms with Crippen LogP contribution in [0.5, 0.6) is 0 Å². The predicted octanol–water partition coefficient (Wildman–Crippen LogP) is 2.04. The molecule has 0 saturated carbocycles. The van der Waals surface area contributed by atoms with Crippen molar-refractivity contribution in [2.75, 3.05) is 24.7 Å². The maximum atomic E-state index is 12.2. The predicted molar refractivity (Wildman–Crippen MR) is 82.6 cm³/mol. The molecular formula is C16H18N4O. The highest BCUT2D eigenvalue weighted by molar-refractivity contribution is 5.98. The van der Waals surface area contributed by atoms with Gasteiger partial charge in [-0.3, -0.25) is 4.79 Å². The zero-order valence-corrected chi connectivity index (χ0v) is 12.2. The van der Waals surface area contributed by atoms with Crippen LogP contribution >= 0.6 is 0 Å². The first-order valence-corrected chi connectivity index (χ1v) is 6.96. The van der Waals surface area contributed by atoms with E-state index >= 15 is 0 Å². The summed E-state index contributed by atoms with van der Waals surface area (Å²) < 4.78 is 0. The van der Waals surface area contributed by atoms with Crippen LogP contribution in [-0.2, 0) is 6.42 Å². The van der Waals surface area contributed by atoms with Gasteiger partial charge in [0.05, 0.1) is 11.3 Å². The van der Waals surface area contributed by atoms with E-state index in [-0.39, 0.29) is 17.6 Å². The minimum atomic E-state index is 0.0953. The highest BCUT2D eigenvalue weighted by Gasteiger charge is 2.27. The molecule has 0 fully saturated rings. The molecule has 108 valence electrons. The molecule has 0 aliphatic heterocycles. The van der Waals surface area contributed by atoms with Crippen LogP contribution in [0.3, 0.4) is 0 Å². The van der Waals surface area contributed by atoms with Gasteiger partial charge in [-0.2, -0.15) is 0 Å². The minimum Gasteiger partial charge on any atom is -0.378 e. The molecule has 2 N–H and O–H groups in total. The molecule has 0 radical (unpaired) electrons. The molecule has 0 bridgehead atoms. The van der Waals surface area contributed by atoms with Crippen molar-refractivity contribution in [3.05, 3.63) is 47.3 Å². The van der Waals surface area contributed by atoms with E-state index in [9.17, 15) is 4.79 Å². The first-order valence-electron chi connectivity index (χ1n) is 6.96. The van der Waals surface area contributed by atoms with Crippen LogP contribution in [0.2, 0.25) is 0 Å². The maximum Gasteiger partial charge on any atom is 0.220 e. The molecule has 0 amide bonds. The fourth-order valence-electron chi connectivity index (χ4n) is 2.74. The molecule has 1 heterocycles. The molecule has 5 heteroatoms. The zero-order chi connectivity index (χ0) is 15.0. The quantitative estimate of drug-likeness (QED) is 0.912. The van der Waals surface area contributed by atoms with Gasteiger partial charge in [-0.05, 0) is 30.0 Å². The number of rotatable bonds is 2. The minimum absolute atomic E-state index is 0.0953. The van der Waals surface area contributed by atoms with Gasteiger partial charge in [-0.25, -0.2) is 9.97 Å². The van der Waals surface area contributed by atoms with Crippen LogP contribution < -0.4 is 10.6 Å². The van der Waals surface area contributed by atoms with Gasteiger partial charge < -0.3 is 10.6 Å². The molecule has 1 aliphatic carbocycles. The largest absolute Gasteiger partial charge is 0.378 e. The lowest BCUT2D eigenvalue weighted by molar-refractivity contribution is 0.0963. The van der Waals surface area contributed by atoms with Gasteiger partial charge in [0.1, 0.15) is 0 Å². The fraction of sp³-hybridized carbons (Fsp3) is 0.312. The van der Waals surface area contributed by atoms with Crippen molar-refractivity contribution in [1.82, 2.24) is 9.97 Å². The number of nitrogens with two attached hydrogens (primary N) is 1. The Morgan fingerprint density at radius 1 is 1.19 bits per heavy atom. The first-order chi connectivity index (χ1) is 10.0. The smallest absolute Gasteiger partial charge is 0.220 e. The first kappa shape index (κ1) is 13.5. The van der Waals surface area contributed by atoms with E-state index in [2.05, 4.69) is 39.1 Å². The van der Waals surface area contributed by atoms with Crippen molar-refractivity contribution in [1.29, 1.82) is 0 Å². The molecule has 0 saturated heterocycles. The molecule has 3 rings (SSSR count). The molecule has 0 spiro atoms. The molecule has 1 aliphatic rings. The molecule has 5 nitrogen and oxygen atoms in total. The number of Topliss-reactive ketones (excluding diaryl/α,β-unsaturated/α-hetero) is 1. The number of carbonyl (C=O) groups excluding carboxylic acids is 1. The Bertz CT molecular complexity index is 679. The highest BCUT2D eigenvalue weighted by atomic mass is 16.1. The summed E-state index contributed by atoms with van der Waals surface area (Å²) in [7, 11) is 4.02. The standard InChI is InChI=1S/C16H18N4O/c1-20(2)12-5-3-10(4-6-12)11-7-14-13(15(21)8-11)9-18-16(17)19-14/h3-6,9,11H,7-8H2,1-2H3,(H2,17,18,19)/t11-/m1/s1. The lowest BCUT2D eigenvalue weighted by Gasteiger charge is -2.23. The van der Waals surface area contributed by atoms with E-state index in [4.69, 9.17) is 5.73 Å². The summed E-state index contributed by atoms with van der Waals surface area (Å²) >= 11 is 0. The lowest BCUT2D eigenvalue weighted by Crippen LogP contribution is -2.21. The molecule has 1 atom stereocenters. The van der Waals surface area contributed by atoms with Gasteiger partial charge in [0, 0.05) is 32.4 Å². The number of hydrogen-bond acceptors (Lipinski definition) is 5. The van der Waals surface area contributed by atoms with E-state index < -0.39 is 0 Å². The van der Waals surface area contributed by atoms with E-state index in [1.165, 1.54) is 0 Å².